The van der Waals surface area contributed by atoms with Gasteiger partial charge in [0.1, 0.15) is 18.1 Å². The predicted octanol–water partition coefficient (Wildman–Crippen LogP) is 5.99. The van der Waals surface area contributed by atoms with Gasteiger partial charge in [0.25, 0.3) is 5.91 Å². The Morgan fingerprint density at radius 3 is 2.74 bits per heavy atom. The number of amides is 1. The Kier molecular flexibility index (Phi) is 6.45. The van der Waals surface area contributed by atoms with Crippen molar-refractivity contribution in [2.45, 2.75) is 33.2 Å². The number of nitrogens with zero attached hydrogens (tertiary/aromatic N) is 2. The molecule has 0 saturated heterocycles. The number of benzene rings is 2. The molecule has 1 amide bonds. The largest absolute Gasteiger partial charge is 0.485 e. The molecule has 4 aromatic rings. The molecular weight excluding hydrogens is 447 g/mol. The third kappa shape index (κ3) is 5.67. The average molecular weight is 469 g/mol. The Balaban J connectivity index is 1.35. The lowest BCUT2D eigenvalue weighted by atomic mass is 10.1. The number of aryl methyl sites for hydroxylation is 2. The molecule has 0 unspecified atom stereocenters. The van der Waals surface area contributed by atoms with Crippen LogP contribution < -0.4 is 10.1 Å². The Bertz CT molecular complexity index is 1310. The number of carbonyl (C=O) groups is 1. The number of anilines is 1. The summed E-state index contributed by atoms with van der Waals surface area (Å²) in [5, 5.41) is 6.77. The molecule has 0 aliphatic heterocycles. The van der Waals surface area contributed by atoms with Crippen molar-refractivity contribution < 1.29 is 27.1 Å². The maximum Gasteiger partial charge on any atom is 0.416 e. The van der Waals surface area contributed by atoms with Gasteiger partial charge in [-0.3, -0.25) is 9.48 Å². The van der Waals surface area contributed by atoms with Crippen LogP contribution in [-0.2, 0) is 19.3 Å². The first-order valence-electron chi connectivity index (χ1n) is 10.5. The molecule has 4 rings (SSSR count). The molecule has 0 aliphatic carbocycles. The summed E-state index contributed by atoms with van der Waals surface area (Å²) < 4.78 is 51.5. The van der Waals surface area contributed by atoms with Crippen LogP contribution in [0.4, 0.5) is 18.9 Å². The summed E-state index contributed by atoms with van der Waals surface area (Å²) >= 11 is 0. The molecule has 2 heterocycles. The highest BCUT2D eigenvalue weighted by molar-refractivity contribution is 6.02. The van der Waals surface area contributed by atoms with Crippen molar-refractivity contribution in [3.63, 3.8) is 0 Å². The summed E-state index contributed by atoms with van der Waals surface area (Å²) in [6.07, 6.45) is -1.46. The van der Waals surface area contributed by atoms with Crippen LogP contribution in [0.1, 0.15) is 38.6 Å². The smallest absolute Gasteiger partial charge is 0.416 e. The van der Waals surface area contributed by atoms with Gasteiger partial charge in [-0.05, 0) is 60.9 Å². The van der Waals surface area contributed by atoms with E-state index in [9.17, 15) is 18.0 Å². The van der Waals surface area contributed by atoms with Gasteiger partial charge in [-0.25, -0.2) is 0 Å². The zero-order valence-electron chi connectivity index (χ0n) is 18.5. The van der Waals surface area contributed by atoms with E-state index in [0.29, 0.717) is 17.0 Å². The predicted molar refractivity (Wildman–Crippen MR) is 120 cm³/mol. The number of furan rings is 1. The third-order valence-electron chi connectivity index (χ3n) is 5.09. The second kappa shape index (κ2) is 9.46. The van der Waals surface area contributed by atoms with Gasteiger partial charge in [-0.15, -0.1) is 0 Å². The molecule has 34 heavy (non-hydrogen) atoms. The van der Waals surface area contributed by atoms with Gasteiger partial charge in [0, 0.05) is 6.20 Å². The number of ether oxygens (including phenoxy) is 1. The zero-order chi connectivity index (χ0) is 24.3. The highest BCUT2D eigenvalue weighted by Gasteiger charge is 2.30. The van der Waals surface area contributed by atoms with Gasteiger partial charge >= 0.3 is 6.18 Å². The first-order valence-corrected chi connectivity index (χ1v) is 10.5. The van der Waals surface area contributed by atoms with E-state index in [1.54, 1.807) is 18.2 Å². The lowest BCUT2D eigenvalue weighted by molar-refractivity contribution is -0.137. The zero-order valence-corrected chi connectivity index (χ0v) is 18.5. The number of halogens is 3. The summed E-state index contributed by atoms with van der Waals surface area (Å²) in [5.41, 5.74) is 2.18. The van der Waals surface area contributed by atoms with Crippen molar-refractivity contribution >= 4 is 11.6 Å². The molecule has 176 valence electrons. The van der Waals surface area contributed by atoms with Gasteiger partial charge in [0.15, 0.2) is 5.76 Å². The van der Waals surface area contributed by atoms with Crippen LogP contribution in [-0.4, -0.2) is 15.7 Å². The minimum absolute atomic E-state index is 0.102. The monoisotopic (exact) mass is 469 g/mol. The standard InChI is InChI=1S/C25H22F3N3O3/c1-16-6-7-17(2)23(10-16)33-15-21-8-9-22(34-21)24(32)30-20-12-29-31(14-20)13-18-4-3-5-19(11-18)25(26,27)28/h3-12,14H,13,15H2,1-2H3,(H,30,32). The minimum Gasteiger partial charge on any atom is -0.485 e. The molecule has 2 aromatic carbocycles. The molecular formula is C25H22F3N3O3. The lowest BCUT2D eigenvalue weighted by Gasteiger charge is -2.08. The van der Waals surface area contributed by atoms with Crippen LogP contribution in [0.5, 0.6) is 5.75 Å². The second-order valence-corrected chi connectivity index (χ2v) is 7.90. The summed E-state index contributed by atoms with van der Waals surface area (Å²) in [5.74, 6) is 0.865. The van der Waals surface area contributed by atoms with Crippen molar-refractivity contribution in [1.82, 2.24) is 9.78 Å². The Morgan fingerprint density at radius 1 is 1.12 bits per heavy atom. The summed E-state index contributed by atoms with van der Waals surface area (Å²) in [6.45, 7) is 4.22. The Hall–Kier alpha value is -4.01. The van der Waals surface area contributed by atoms with Gasteiger partial charge in [0.05, 0.1) is 24.0 Å². The van der Waals surface area contributed by atoms with E-state index < -0.39 is 17.6 Å². The van der Waals surface area contributed by atoms with Crippen LogP contribution >= 0.6 is 0 Å². The summed E-state index contributed by atoms with van der Waals surface area (Å²) in [4.78, 5) is 12.5. The van der Waals surface area contributed by atoms with Crippen LogP contribution in [0.3, 0.4) is 0 Å². The SMILES string of the molecule is Cc1ccc(C)c(OCc2ccc(C(=O)Nc3cnn(Cc4cccc(C(F)(F)F)c4)c3)o2)c1. The van der Waals surface area contributed by atoms with E-state index in [0.717, 1.165) is 29.0 Å². The van der Waals surface area contributed by atoms with Gasteiger partial charge in [-0.2, -0.15) is 18.3 Å². The van der Waals surface area contributed by atoms with Crippen LogP contribution in [0, 0.1) is 13.8 Å². The quantitative estimate of drug-likeness (QED) is 0.361. The normalized spacial score (nSPS) is 11.4. The molecule has 0 aliphatic rings. The molecule has 0 saturated carbocycles. The molecule has 1 N–H and O–H groups in total. The van der Waals surface area contributed by atoms with Crippen LogP contribution in [0.15, 0.2) is 71.4 Å². The van der Waals surface area contributed by atoms with Crippen LogP contribution in [0.25, 0.3) is 0 Å². The fourth-order valence-corrected chi connectivity index (χ4v) is 3.33. The van der Waals surface area contributed by atoms with Crippen LogP contribution in [0.2, 0.25) is 0 Å². The molecule has 0 bridgehead atoms. The summed E-state index contributed by atoms with van der Waals surface area (Å²) in [6, 6.07) is 14.1. The number of nitrogens with one attached hydrogen (secondary N) is 1. The van der Waals surface area contributed by atoms with Gasteiger partial charge in [-0.1, -0.05) is 24.3 Å². The third-order valence-corrected chi connectivity index (χ3v) is 5.09. The number of alkyl halides is 3. The molecule has 2 aromatic heterocycles. The first-order chi connectivity index (χ1) is 16.2. The highest BCUT2D eigenvalue weighted by atomic mass is 19.4. The molecule has 9 heteroatoms. The highest BCUT2D eigenvalue weighted by Crippen LogP contribution is 2.29. The second-order valence-electron chi connectivity index (χ2n) is 7.90. The van der Waals surface area contributed by atoms with E-state index in [1.807, 2.05) is 32.0 Å². The van der Waals surface area contributed by atoms with E-state index in [-0.39, 0.29) is 18.9 Å². The maximum absolute atomic E-state index is 12.9. The van der Waals surface area contributed by atoms with E-state index >= 15 is 0 Å². The molecule has 6 nitrogen and oxygen atoms in total. The first kappa shape index (κ1) is 23.2. The number of rotatable bonds is 7. The molecule has 0 atom stereocenters. The fourth-order valence-electron chi connectivity index (χ4n) is 3.33. The minimum atomic E-state index is -4.41. The Morgan fingerprint density at radius 2 is 1.94 bits per heavy atom. The number of hydrogen-bond acceptors (Lipinski definition) is 4. The van der Waals surface area contributed by atoms with Gasteiger partial charge in [0.2, 0.25) is 0 Å². The van der Waals surface area contributed by atoms with E-state index in [2.05, 4.69) is 10.4 Å². The Labute approximate surface area is 194 Å². The number of carbonyl (C=O) groups excluding carboxylic acids is 1. The number of hydrogen-bond donors (Lipinski definition) is 1. The summed E-state index contributed by atoms with van der Waals surface area (Å²) in [7, 11) is 0. The van der Waals surface area contributed by atoms with Crippen molar-refractivity contribution in [2.75, 3.05) is 5.32 Å². The fraction of sp³-hybridized carbons (Fsp3) is 0.200. The topological polar surface area (TPSA) is 69.3 Å². The van der Waals surface area contributed by atoms with E-state index in [4.69, 9.17) is 9.15 Å². The average Bonchev–Trinajstić information content (AvgIpc) is 3.44. The van der Waals surface area contributed by atoms with Crippen molar-refractivity contribution in [2.24, 2.45) is 0 Å². The number of aromatic nitrogens is 2. The van der Waals surface area contributed by atoms with Crippen molar-refractivity contribution in [1.29, 1.82) is 0 Å². The van der Waals surface area contributed by atoms with Crippen molar-refractivity contribution in [3.8, 4) is 5.75 Å². The molecule has 0 radical (unpaired) electrons. The molecule has 0 spiro atoms. The van der Waals surface area contributed by atoms with Crippen molar-refractivity contribution in [3.05, 3.63) is 101 Å². The maximum atomic E-state index is 12.9. The molecule has 0 fully saturated rings. The van der Waals surface area contributed by atoms with Gasteiger partial charge < -0.3 is 14.5 Å². The lowest BCUT2D eigenvalue weighted by Crippen LogP contribution is -2.10. The van der Waals surface area contributed by atoms with E-state index in [1.165, 1.54) is 23.1 Å².